The lowest BCUT2D eigenvalue weighted by Gasteiger charge is -2.29. The normalized spacial score (nSPS) is 12.3. The van der Waals surface area contributed by atoms with Gasteiger partial charge in [-0.2, -0.15) is 0 Å². The molecular weight excluding hydrogens is 783 g/mol. The Kier molecular flexibility index (Phi) is 9.19. The second kappa shape index (κ2) is 14.9. The average molecular weight is 832 g/mol. The summed E-state index contributed by atoms with van der Waals surface area (Å²) in [4.78, 5) is 2.47. The van der Waals surface area contributed by atoms with E-state index in [1.54, 1.807) is 0 Å². The molecule has 63 heavy (non-hydrogen) atoms. The first-order valence-electron chi connectivity index (χ1n) is 22.0. The van der Waals surface area contributed by atoms with Crippen LogP contribution < -0.4 is 4.90 Å². The third-order valence-electron chi connectivity index (χ3n) is 12.8. The summed E-state index contributed by atoms with van der Waals surface area (Å²) in [5.74, 6) is 0. The monoisotopic (exact) mass is 831 g/mol. The molecule has 0 saturated heterocycles. The van der Waals surface area contributed by atoms with Crippen molar-refractivity contribution in [2.45, 2.75) is 52.4 Å². The van der Waals surface area contributed by atoms with Gasteiger partial charge in [-0.1, -0.05) is 181 Å². The van der Waals surface area contributed by atoms with Gasteiger partial charge in [0.25, 0.3) is 0 Å². The molecule has 0 aliphatic rings. The van der Waals surface area contributed by atoms with Crippen LogP contribution in [0.1, 0.15) is 52.7 Å². The highest BCUT2D eigenvalue weighted by molar-refractivity contribution is 7.25. The summed E-state index contributed by atoms with van der Waals surface area (Å²) in [5.41, 5.74) is 14.9. The van der Waals surface area contributed by atoms with Crippen molar-refractivity contribution < 1.29 is 4.42 Å². The van der Waals surface area contributed by atoms with Gasteiger partial charge < -0.3 is 9.32 Å². The highest BCUT2D eigenvalue weighted by atomic mass is 32.1. The molecule has 0 radical (unpaired) electrons. The van der Waals surface area contributed by atoms with E-state index < -0.39 is 0 Å². The van der Waals surface area contributed by atoms with Crippen LogP contribution in [0.2, 0.25) is 0 Å². The summed E-state index contributed by atoms with van der Waals surface area (Å²) in [7, 11) is 0. The third-order valence-corrected chi connectivity index (χ3v) is 13.9. The van der Waals surface area contributed by atoms with E-state index in [-0.39, 0.29) is 10.8 Å². The number of rotatable bonds is 6. The number of thiophene rings is 1. The van der Waals surface area contributed by atoms with Crippen LogP contribution in [0.3, 0.4) is 0 Å². The zero-order valence-corrected chi connectivity index (χ0v) is 37.5. The van der Waals surface area contributed by atoms with Crippen LogP contribution in [0, 0.1) is 0 Å². The largest absolute Gasteiger partial charge is 0.456 e. The average Bonchev–Trinajstić information content (AvgIpc) is 3.87. The van der Waals surface area contributed by atoms with Crippen molar-refractivity contribution >= 4 is 81.3 Å². The van der Waals surface area contributed by atoms with E-state index in [2.05, 4.69) is 234 Å². The Morgan fingerprint density at radius 1 is 0.397 bits per heavy atom. The molecule has 2 heterocycles. The van der Waals surface area contributed by atoms with Crippen molar-refractivity contribution in [3.05, 3.63) is 199 Å². The quantitative estimate of drug-likeness (QED) is 0.166. The molecule has 3 heteroatoms. The maximum Gasteiger partial charge on any atom is 0.137 e. The van der Waals surface area contributed by atoms with Crippen molar-refractivity contribution in [1.82, 2.24) is 0 Å². The minimum Gasteiger partial charge on any atom is -0.456 e. The Bertz CT molecular complexity index is 3520. The van der Waals surface area contributed by atoms with E-state index in [0.717, 1.165) is 44.6 Å². The van der Waals surface area contributed by atoms with E-state index in [9.17, 15) is 0 Å². The Balaban J connectivity index is 1.18. The molecule has 0 spiro atoms. The molecule has 0 saturated carbocycles. The van der Waals surface area contributed by atoms with Gasteiger partial charge in [0.05, 0.1) is 16.8 Å². The maximum atomic E-state index is 6.57. The molecule has 0 amide bonds. The summed E-state index contributed by atoms with van der Waals surface area (Å²) in [5, 5.41) is 7.24. The predicted octanol–water partition coefficient (Wildman–Crippen LogP) is 18.2. The first-order valence-corrected chi connectivity index (χ1v) is 22.8. The van der Waals surface area contributed by atoms with Gasteiger partial charge in [0.2, 0.25) is 0 Å². The van der Waals surface area contributed by atoms with E-state index in [0.29, 0.717) is 0 Å². The number of benzene rings is 9. The highest BCUT2D eigenvalue weighted by Gasteiger charge is 2.25. The van der Waals surface area contributed by atoms with Gasteiger partial charge in [0.15, 0.2) is 0 Å². The van der Waals surface area contributed by atoms with Crippen molar-refractivity contribution in [1.29, 1.82) is 0 Å². The summed E-state index contributed by atoms with van der Waals surface area (Å²) >= 11 is 1.86. The lowest BCUT2D eigenvalue weighted by Crippen LogP contribution is -2.16. The predicted molar refractivity (Wildman–Crippen MR) is 273 cm³/mol. The van der Waals surface area contributed by atoms with E-state index >= 15 is 0 Å². The summed E-state index contributed by atoms with van der Waals surface area (Å²) < 4.78 is 9.17. The van der Waals surface area contributed by atoms with Crippen molar-refractivity contribution in [3.8, 4) is 33.4 Å². The van der Waals surface area contributed by atoms with E-state index in [4.69, 9.17) is 4.42 Å². The van der Waals surface area contributed by atoms with Gasteiger partial charge in [0.1, 0.15) is 11.2 Å². The van der Waals surface area contributed by atoms with Gasteiger partial charge >= 0.3 is 0 Å². The van der Waals surface area contributed by atoms with Crippen LogP contribution in [-0.2, 0) is 10.8 Å². The molecule has 11 aromatic rings. The summed E-state index contributed by atoms with van der Waals surface area (Å²) in [6.45, 7) is 13.9. The second-order valence-electron chi connectivity index (χ2n) is 18.9. The molecule has 0 fully saturated rings. The van der Waals surface area contributed by atoms with Gasteiger partial charge in [-0.25, -0.2) is 0 Å². The zero-order chi connectivity index (χ0) is 43.0. The fraction of sp³-hybridized carbons (Fsp3) is 0.133. The topological polar surface area (TPSA) is 16.4 Å². The van der Waals surface area contributed by atoms with Gasteiger partial charge in [0, 0.05) is 36.8 Å². The Morgan fingerprint density at radius 2 is 0.968 bits per heavy atom. The van der Waals surface area contributed by atoms with Gasteiger partial charge in [-0.3, -0.25) is 0 Å². The van der Waals surface area contributed by atoms with Gasteiger partial charge in [-0.05, 0) is 109 Å². The van der Waals surface area contributed by atoms with Crippen LogP contribution in [0.25, 0.3) is 86.3 Å². The smallest absolute Gasteiger partial charge is 0.137 e. The number of para-hydroxylation sites is 2. The number of hydrogen-bond acceptors (Lipinski definition) is 3. The van der Waals surface area contributed by atoms with E-state index in [1.807, 2.05) is 11.3 Å². The van der Waals surface area contributed by atoms with E-state index in [1.165, 1.54) is 69.9 Å². The first-order chi connectivity index (χ1) is 30.5. The molecule has 0 aliphatic heterocycles. The molecule has 9 aromatic carbocycles. The lowest BCUT2D eigenvalue weighted by atomic mass is 9.78. The maximum absolute atomic E-state index is 6.57. The minimum atomic E-state index is -0.00854. The highest BCUT2D eigenvalue weighted by Crippen LogP contribution is 2.49. The number of hydrogen-bond donors (Lipinski definition) is 0. The molecule has 2 aromatic heterocycles. The van der Waals surface area contributed by atoms with Crippen molar-refractivity contribution in [2.24, 2.45) is 0 Å². The van der Waals surface area contributed by atoms with Crippen LogP contribution >= 0.6 is 11.3 Å². The summed E-state index contributed by atoms with van der Waals surface area (Å²) in [6.07, 6.45) is 0. The molecule has 2 nitrogen and oxygen atoms in total. The number of furan rings is 1. The standard InChI is InChI=1S/C60H49NOS/c1-59(2,3)41-34-40(35-42(37-41)60(4,5)6)45-25-14-18-38-19-15-27-47(56(38)45)46-22-7-10-28-50(46)61(51-29-17-31-53-58(51)48-23-8-11-30-52(48)62-53)43-21-13-20-39(36-43)44-26-16-33-55-57(44)49-24-9-12-32-54(49)63-55/h7-37H,1-6H3. The van der Waals surface area contributed by atoms with Crippen LogP contribution in [0.4, 0.5) is 17.1 Å². The number of fused-ring (bicyclic) bond motifs is 7. The Labute approximate surface area is 373 Å². The fourth-order valence-electron chi connectivity index (χ4n) is 9.53. The molecule has 11 rings (SSSR count). The van der Waals surface area contributed by atoms with Crippen molar-refractivity contribution in [3.63, 3.8) is 0 Å². The number of anilines is 3. The Hall–Kier alpha value is -6.94. The second-order valence-corrected chi connectivity index (χ2v) is 20.0. The van der Waals surface area contributed by atoms with Crippen molar-refractivity contribution in [2.75, 3.05) is 4.90 Å². The zero-order valence-electron chi connectivity index (χ0n) is 36.7. The third kappa shape index (κ3) is 6.70. The SMILES string of the molecule is CC(C)(C)c1cc(-c2cccc3cccc(-c4ccccc4N(c4cccc(-c5cccc6sc7ccccc7c56)c4)c4cccc5oc6ccccc6c45)c23)cc(C(C)(C)C)c1. The molecular formula is C60H49NOS. The molecule has 0 bridgehead atoms. The van der Waals surface area contributed by atoms with Crippen LogP contribution in [-0.4, -0.2) is 0 Å². The molecule has 306 valence electrons. The molecule has 0 unspecified atom stereocenters. The number of nitrogens with zero attached hydrogens (tertiary/aromatic N) is 1. The molecule has 0 aliphatic carbocycles. The molecule has 0 N–H and O–H groups in total. The van der Waals surface area contributed by atoms with Crippen LogP contribution in [0.5, 0.6) is 0 Å². The minimum absolute atomic E-state index is 0.00854. The first kappa shape index (κ1) is 38.9. The van der Waals surface area contributed by atoms with Gasteiger partial charge in [-0.15, -0.1) is 11.3 Å². The summed E-state index contributed by atoms with van der Waals surface area (Å²) in [6, 6.07) is 69.3. The lowest BCUT2D eigenvalue weighted by molar-refractivity contribution is 0.569. The van der Waals surface area contributed by atoms with Crippen LogP contribution in [0.15, 0.2) is 192 Å². The Morgan fingerprint density at radius 3 is 1.75 bits per heavy atom. The molecule has 0 atom stereocenters. The fourth-order valence-corrected chi connectivity index (χ4v) is 10.7.